The van der Waals surface area contributed by atoms with Gasteiger partial charge in [-0.1, -0.05) is 13.8 Å². The first-order valence-electron chi connectivity index (χ1n) is 7.15. The second-order valence-electron chi connectivity index (χ2n) is 5.98. The molecule has 21 heavy (non-hydrogen) atoms. The van der Waals surface area contributed by atoms with E-state index >= 15 is 0 Å². The van der Waals surface area contributed by atoms with Gasteiger partial charge >= 0.3 is 0 Å². The molecule has 0 N–H and O–H groups in total. The second-order valence-corrected chi connectivity index (χ2v) is 5.98. The molecule has 0 atom stereocenters. The van der Waals surface area contributed by atoms with Crippen LogP contribution in [0.15, 0.2) is 18.2 Å². The van der Waals surface area contributed by atoms with Crippen LogP contribution in [0, 0.1) is 17.6 Å². The van der Waals surface area contributed by atoms with Gasteiger partial charge in [0.05, 0.1) is 12.1 Å². The molecular weight excluding hydrogens is 274 g/mol. The molecule has 1 aromatic rings. The Hall–Kier alpha value is -1.33. The summed E-state index contributed by atoms with van der Waals surface area (Å²) >= 11 is 0. The minimum atomic E-state index is -0.794. The average Bonchev–Trinajstić information content (AvgIpc) is 2.34. The molecule has 0 aliphatic carbocycles. The van der Waals surface area contributed by atoms with Crippen LogP contribution in [0.2, 0.25) is 0 Å². The van der Waals surface area contributed by atoms with Crippen molar-refractivity contribution in [3.63, 3.8) is 0 Å². The number of likely N-dealkylation sites (N-methyl/N-ethyl adjacent to an activating group) is 1. The van der Waals surface area contributed by atoms with Gasteiger partial charge in [-0.15, -0.1) is 0 Å². The molecule has 3 nitrogen and oxygen atoms in total. The molecule has 0 amide bonds. The molecule has 0 aliphatic heterocycles. The summed E-state index contributed by atoms with van der Waals surface area (Å²) < 4.78 is 26.5. The van der Waals surface area contributed by atoms with Gasteiger partial charge in [-0.25, -0.2) is 8.78 Å². The number of carbonyl (C=O) groups excluding carboxylic acids is 1. The van der Waals surface area contributed by atoms with Crippen LogP contribution in [-0.4, -0.2) is 55.9 Å². The number of carbonyl (C=O) groups is 1. The number of benzene rings is 1. The maximum absolute atomic E-state index is 13.6. The molecule has 118 valence electrons. The maximum Gasteiger partial charge on any atom is 0.179 e. The molecule has 0 unspecified atom stereocenters. The molecule has 0 aliphatic rings. The zero-order valence-corrected chi connectivity index (χ0v) is 13.2. The van der Waals surface area contributed by atoms with Crippen LogP contribution in [0.1, 0.15) is 24.2 Å². The smallest absolute Gasteiger partial charge is 0.179 e. The fourth-order valence-electron chi connectivity index (χ4n) is 2.10. The third-order valence-electron chi connectivity index (χ3n) is 3.09. The fraction of sp³-hybridized carbons (Fsp3) is 0.562. The Labute approximate surface area is 125 Å². The summed E-state index contributed by atoms with van der Waals surface area (Å²) in [6.45, 7) is 6.62. The molecule has 0 bridgehead atoms. The number of hydrogen-bond acceptors (Lipinski definition) is 3. The minimum Gasteiger partial charge on any atom is -0.308 e. The van der Waals surface area contributed by atoms with E-state index in [2.05, 4.69) is 13.8 Å². The normalized spacial score (nSPS) is 11.7. The molecule has 0 aromatic heterocycles. The van der Waals surface area contributed by atoms with Crippen molar-refractivity contribution in [1.82, 2.24) is 9.80 Å². The lowest BCUT2D eigenvalue weighted by atomic mass is 10.1. The van der Waals surface area contributed by atoms with Gasteiger partial charge in [0, 0.05) is 25.7 Å². The average molecular weight is 298 g/mol. The van der Waals surface area contributed by atoms with Gasteiger partial charge in [0.1, 0.15) is 11.6 Å². The van der Waals surface area contributed by atoms with E-state index < -0.39 is 11.6 Å². The van der Waals surface area contributed by atoms with Gasteiger partial charge in [0.15, 0.2) is 5.78 Å². The van der Waals surface area contributed by atoms with Crippen LogP contribution in [0.5, 0.6) is 0 Å². The quantitative estimate of drug-likeness (QED) is 0.689. The van der Waals surface area contributed by atoms with Crippen molar-refractivity contribution in [2.24, 2.45) is 5.92 Å². The van der Waals surface area contributed by atoms with Crippen molar-refractivity contribution in [1.29, 1.82) is 0 Å². The Morgan fingerprint density at radius 2 is 1.86 bits per heavy atom. The van der Waals surface area contributed by atoms with Crippen LogP contribution in [-0.2, 0) is 0 Å². The number of Topliss-reactive ketones (excluding diaryl/α,β-unsaturated/α-hetero) is 1. The highest BCUT2D eigenvalue weighted by Gasteiger charge is 2.17. The van der Waals surface area contributed by atoms with E-state index in [9.17, 15) is 13.6 Å². The number of rotatable bonds is 8. The second kappa shape index (κ2) is 8.20. The topological polar surface area (TPSA) is 23.6 Å². The molecule has 1 rings (SSSR count). The fourth-order valence-corrected chi connectivity index (χ4v) is 2.10. The van der Waals surface area contributed by atoms with Crippen LogP contribution in [0.3, 0.4) is 0 Å². The predicted molar refractivity (Wildman–Crippen MR) is 80.5 cm³/mol. The molecule has 0 saturated carbocycles. The highest BCUT2D eigenvalue weighted by atomic mass is 19.1. The van der Waals surface area contributed by atoms with E-state index in [4.69, 9.17) is 0 Å². The van der Waals surface area contributed by atoms with Crippen molar-refractivity contribution in [3.05, 3.63) is 35.4 Å². The van der Waals surface area contributed by atoms with Crippen LogP contribution >= 0.6 is 0 Å². The molecule has 0 saturated heterocycles. The summed E-state index contributed by atoms with van der Waals surface area (Å²) in [7, 11) is 3.93. The summed E-state index contributed by atoms with van der Waals surface area (Å²) in [5.41, 5.74) is -0.0463. The Kier molecular flexibility index (Phi) is 6.92. The molecule has 0 heterocycles. The van der Waals surface area contributed by atoms with E-state index in [1.165, 1.54) is 6.07 Å². The summed E-state index contributed by atoms with van der Waals surface area (Å²) in [5.74, 6) is -1.36. The van der Waals surface area contributed by atoms with Crippen molar-refractivity contribution in [2.45, 2.75) is 13.8 Å². The third-order valence-corrected chi connectivity index (χ3v) is 3.09. The lowest BCUT2D eigenvalue weighted by molar-refractivity contribution is 0.0912. The Morgan fingerprint density at radius 1 is 1.19 bits per heavy atom. The van der Waals surface area contributed by atoms with E-state index in [1.807, 2.05) is 23.9 Å². The molecule has 1 aromatic carbocycles. The number of nitrogens with zero attached hydrogens (tertiary/aromatic N) is 2. The Morgan fingerprint density at radius 3 is 2.38 bits per heavy atom. The third kappa shape index (κ3) is 6.31. The van der Waals surface area contributed by atoms with E-state index in [1.54, 1.807) is 0 Å². The SMILES string of the molecule is CC(C)CN(CCN(C)C)CC(=O)c1ccc(F)cc1F. The highest BCUT2D eigenvalue weighted by Crippen LogP contribution is 2.11. The standard InChI is InChI=1S/C16H24F2N2O/c1-12(2)10-20(8-7-19(3)4)11-16(21)14-6-5-13(17)9-15(14)18/h5-6,9,12H,7-8,10-11H2,1-4H3. The van der Waals surface area contributed by atoms with E-state index in [0.29, 0.717) is 5.92 Å². The zero-order chi connectivity index (χ0) is 16.0. The van der Waals surface area contributed by atoms with Gasteiger partial charge in [-0.3, -0.25) is 9.69 Å². The van der Waals surface area contributed by atoms with Gasteiger partial charge in [-0.2, -0.15) is 0 Å². The predicted octanol–water partition coefficient (Wildman–Crippen LogP) is 2.67. The van der Waals surface area contributed by atoms with Crippen LogP contribution in [0.4, 0.5) is 8.78 Å². The molecule has 0 spiro atoms. The minimum absolute atomic E-state index is 0.0463. The van der Waals surface area contributed by atoms with Gasteiger partial charge < -0.3 is 4.90 Å². The summed E-state index contributed by atoms with van der Waals surface area (Å²) in [4.78, 5) is 16.2. The van der Waals surface area contributed by atoms with Crippen molar-refractivity contribution in [2.75, 3.05) is 40.3 Å². The first kappa shape index (κ1) is 17.7. The lowest BCUT2D eigenvalue weighted by Gasteiger charge is -2.25. The largest absolute Gasteiger partial charge is 0.308 e. The highest BCUT2D eigenvalue weighted by molar-refractivity contribution is 5.97. The van der Waals surface area contributed by atoms with E-state index in [0.717, 1.165) is 31.8 Å². The van der Waals surface area contributed by atoms with Crippen molar-refractivity contribution < 1.29 is 13.6 Å². The van der Waals surface area contributed by atoms with Gasteiger partial charge in [-0.05, 0) is 32.1 Å². The zero-order valence-electron chi connectivity index (χ0n) is 13.2. The van der Waals surface area contributed by atoms with Crippen LogP contribution in [0.25, 0.3) is 0 Å². The number of halogens is 2. The van der Waals surface area contributed by atoms with Crippen LogP contribution < -0.4 is 0 Å². The maximum atomic E-state index is 13.6. The summed E-state index contributed by atoms with van der Waals surface area (Å²) in [6.07, 6.45) is 0. The monoisotopic (exact) mass is 298 g/mol. The molecule has 5 heteroatoms. The first-order chi connectivity index (χ1) is 9.79. The summed E-state index contributed by atoms with van der Waals surface area (Å²) in [5, 5.41) is 0. The van der Waals surface area contributed by atoms with E-state index in [-0.39, 0.29) is 17.9 Å². The lowest BCUT2D eigenvalue weighted by Crippen LogP contribution is -2.38. The Balaban J connectivity index is 2.74. The number of hydrogen-bond donors (Lipinski definition) is 0. The van der Waals surface area contributed by atoms with Gasteiger partial charge in [0.2, 0.25) is 0 Å². The van der Waals surface area contributed by atoms with Gasteiger partial charge in [0.25, 0.3) is 0 Å². The summed E-state index contributed by atoms with van der Waals surface area (Å²) in [6, 6.07) is 3.08. The molecular formula is C16H24F2N2O. The Bertz CT molecular complexity index is 475. The van der Waals surface area contributed by atoms with Crippen molar-refractivity contribution in [3.8, 4) is 0 Å². The first-order valence-corrected chi connectivity index (χ1v) is 7.15. The molecule has 0 fully saturated rings. The van der Waals surface area contributed by atoms with Crippen molar-refractivity contribution >= 4 is 5.78 Å². The molecule has 0 radical (unpaired) electrons. The number of ketones is 1.